The van der Waals surface area contributed by atoms with Crippen LogP contribution in [0.4, 0.5) is 0 Å². The van der Waals surface area contributed by atoms with E-state index in [0.717, 1.165) is 30.8 Å². The lowest BCUT2D eigenvalue weighted by Crippen LogP contribution is -2.22. The smallest absolute Gasteiger partial charge is 0.103 e. The molecule has 1 N–H and O–H groups in total. The zero-order chi connectivity index (χ0) is 11.9. The Balaban J connectivity index is 1.98. The molecule has 0 bridgehead atoms. The molecule has 4 nitrogen and oxygen atoms in total. The molecule has 17 heavy (non-hydrogen) atoms. The van der Waals surface area contributed by atoms with Gasteiger partial charge in [0.2, 0.25) is 0 Å². The second kappa shape index (κ2) is 6.15. The molecule has 90 valence electrons. The summed E-state index contributed by atoms with van der Waals surface area (Å²) < 4.78 is 5.33. The third-order valence-corrected chi connectivity index (χ3v) is 2.65. The van der Waals surface area contributed by atoms with E-state index in [1.807, 2.05) is 18.3 Å². The zero-order valence-corrected chi connectivity index (χ0v) is 9.97. The van der Waals surface area contributed by atoms with E-state index in [1.165, 1.54) is 0 Å². The van der Waals surface area contributed by atoms with Crippen molar-refractivity contribution in [2.75, 3.05) is 6.54 Å². The molecule has 0 amide bonds. The van der Waals surface area contributed by atoms with Gasteiger partial charge in [-0.25, -0.2) is 0 Å². The monoisotopic (exact) mass is 231 g/mol. The number of hydrogen-bond donors (Lipinski definition) is 1. The quantitative estimate of drug-likeness (QED) is 0.829. The lowest BCUT2D eigenvalue weighted by Gasteiger charge is -2.16. The van der Waals surface area contributed by atoms with Crippen LogP contribution in [0, 0.1) is 0 Å². The van der Waals surface area contributed by atoms with Crippen LogP contribution in [0.1, 0.15) is 30.8 Å². The molecule has 0 aliphatic rings. The van der Waals surface area contributed by atoms with E-state index < -0.39 is 0 Å². The second-order valence-electron chi connectivity index (χ2n) is 3.86. The van der Waals surface area contributed by atoms with Crippen molar-refractivity contribution in [2.45, 2.75) is 25.8 Å². The van der Waals surface area contributed by atoms with E-state index in [2.05, 4.69) is 22.2 Å². The van der Waals surface area contributed by atoms with Crippen molar-refractivity contribution in [3.05, 3.63) is 48.4 Å². The van der Waals surface area contributed by atoms with Gasteiger partial charge in [-0.05, 0) is 25.1 Å². The van der Waals surface area contributed by atoms with Gasteiger partial charge in [0.15, 0.2) is 0 Å². The van der Waals surface area contributed by atoms with Gasteiger partial charge in [-0.15, -0.1) is 0 Å². The first-order chi connectivity index (χ1) is 8.40. The minimum absolute atomic E-state index is 0.235. The van der Waals surface area contributed by atoms with Crippen LogP contribution in [0.5, 0.6) is 0 Å². The molecule has 0 fully saturated rings. The predicted octanol–water partition coefficient (Wildman–Crippen LogP) is 2.35. The van der Waals surface area contributed by atoms with E-state index >= 15 is 0 Å². The Labute approximate surface area is 101 Å². The molecule has 0 spiro atoms. The molecule has 0 radical (unpaired) electrons. The van der Waals surface area contributed by atoms with Crippen LogP contribution in [0.25, 0.3) is 0 Å². The van der Waals surface area contributed by atoms with Gasteiger partial charge in [0.05, 0.1) is 18.0 Å². The van der Waals surface area contributed by atoms with E-state index in [9.17, 15) is 0 Å². The van der Waals surface area contributed by atoms with Crippen molar-refractivity contribution in [3.8, 4) is 0 Å². The molecule has 0 saturated carbocycles. The molecule has 2 aromatic rings. The molecule has 1 unspecified atom stereocenters. The summed E-state index contributed by atoms with van der Waals surface area (Å²) in [4.78, 5) is 8.45. The Kier molecular flexibility index (Phi) is 4.27. The third-order valence-electron chi connectivity index (χ3n) is 2.65. The Morgan fingerprint density at radius 3 is 3.00 bits per heavy atom. The minimum atomic E-state index is 0.235. The fourth-order valence-electron chi connectivity index (χ4n) is 1.83. The molecular formula is C13H17N3O. The first kappa shape index (κ1) is 11.8. The lowest BCUT2D eigenvalue weighted by atomic mass is 10.1. The molecule has 2 aromatic heterocycles. The summed E-state index contributed by atoms with van der Waals surface area (Å²) in [6.45, 7) is 3.01. The average molecular weight is 231 g/mol. The summed E-state index contributed by atoms with van der Waals surface area (Å²) in [6, 6.07) is 4.15. The van der Waals surface area contributed by atoms with Crippen LogP contribution in [0.15, 0.2) is 41.4 Å². The maximum atomic E-state index is 5.33. The highest BCUT2D eigenvalue weighted by Gasteiger charge is 2.12. The maximum absolute atomic E-state index is 5.33. The number of rotatable bonds is 6. The minimum Gasteiger partial charge on any atom is -0.469 e. The standard InChI is InChI=1S/C13H17N3O/c1-2-15-12(13-10-14-7-8-16-13)6-5-11-4-3-9-17-11/h3-4,7-10,12,15H,2,5-6H2,1H3. The number of furan rings is 1. The molecule has 0 aromatic carbocycles. The Morgan fingerprint density at radius 1 is 1.41 bits per heavy atom. The van der Waals surface area contributed by atoms with Gasteiger partial charge in [-0.2, -0.15) is 0 Å². The van der Waals surface area contributed by atoms with Crippen molar-refractivity contribution >= 4 is 0 Å². The van der Waals surface area contributed by atoms with Crippen LogP contribution in [-0.2, 0) is 6.42 Å². The largest absolute Gasteiger partial charge is 0.469 e. The SMILES string of the molecule is CCNC(CCc1ccco1)c1cnccn1. The summed E-state index contributed by atoms with van der Waals surface area (Å²) in [5.74, 6) is 1.01. The van der Waals surface area contributed by atoms with Gasteiger partial charge in [0, 0.05) is 25.0 Å². The molecule has 2 heterocycles. The summed E-state index contributed by atoms with van der Waals surface area (Å²) in [5, 5.41) is 3.42. The van der Waals surface area contributed by atoms with Gasteiger partial charge in [-0.3, -0.25) is 9.97 Å². The number of nitrogens with one attached hydrogen (secondary N) is 1. The lowest BCUT2D eigenvalue weighted by molar-refractivity contribution is 0.452. The van der Waals surface area contributed by atoms with Gasteiger partial charge in [0.1, 0.15) is 5.76 Å². The van der Waals surface area contributed by atoms with Crippen molar-refractivity contribution in [2.24, 2.45) is 0 Å². The van der Waals surface area contributed by atoms with Gasteiger partial charge in [0.25, 0.3) is 0 Å². The van der Waals surface area contributed by atoms with Crippen molar-refractivity contribution in [3.63, 3.8) is 0 Å². The Hall–Kier alpha value is -1.68. The molecule has 0 aliphatic carbocycles. The van der Waals surface area contributed by atoms with Crippen LogP contribution in [0.3, 0.4) is 0 Å². The van der Waals surface area contributed by atoms with Crippen LogP contribution in [-0.4, -0.2) is 16.5 Å². The van der Waals surface area contributed by atoms with Crippen molar-refractivity contribution in [1.82, 2.24) is 15.3 Å². The van der Waals surface area contributed by atoms with Gasteiger partial charge in [-0.1, -0.05) is 6.92 Å². The number of aryl methyl sites for hydroxylation is 1. The highest BCUT2D eigenvalue weighted by Crippen LogP contribution is 2.16. The van der Waals surface area contributed by atoms with Crippen LogP contribution >= 0.6 is 0 Å². The first-order valence-electron chi connectivity index (χ1n) is 5.92. The summed E-state index contributed by atoms with van der Waals surface area (Å²) >= 11 is 0. The first-order valence-corrected chi connectivity index (χ1v) is 5.92. The summed E-state index contributed by atoms with van der Waals surface area (Å²) in [5.41, 5.74) is 0.987. The maximum Gasteiger partial charge on any atom is 0.103 e. The molecule has 4 heteroatoms. The molecular weight excluding hydrogens is 214 g/mol. The fourth-order valence-corrected chi connectivity index (χ4v) is 1.83. The third kappa shape index (κ3) is 3.39. The highest BCUT2D eigenvalue weighted by molar-refractivity contribution is 5.05. The highest BCUT2D eigenvalue weighted by atomic mass is 16.3. The van der Waals surface area contributed by atoms with Gasteiger partial charge < -0.3 is 9.73 Å². The van der Waals surface area contributed by atoms with Crippen molar-refractivity contribution < 1.29 is 4.42 Å². The topological polar surface area (TPSA) is 51.0 Å². The summed E-state index contributed by atoms with van der Waals surface area (Å²) in [7, 11) is 0. The van der Waals surface area contributed by atoms with E-state index in [-0.39, 0.29) is 6.04 Å². The van der Waals surface area contributed by atoms with Crippen molar-refractivity contribution in [1.29, 1.82) is 0 Å². The number of nitrogens with zero attached hydrogens (tertiary/aromatic N) is 2. The van der Waals surface area contributed by atoms with Crippen LogP contribution in [0.2, 0.25) is 0 Å². The average Bonchev–Trinajstić information content (AvgIpc) is 2.88. The van der Waals surface area contributed by atoms with Gasteiger partial charge >= 0.3 is 0 Å². The number of hydrogen-bond acceptors (Lipinski definition) is 4. The zero-order valence-electron chi connectivity index (χ0n) is 9.97. The van der Waals surface area contributed by atoms with Crippen LogP contribution < -0.4 is 5.32 Å². The molecule has 0 saturated heterocycles. The second-order valence-corrected chi connectivity index (χ2v) is 3.86. The predicted molar refractivity (Wildman–Crippen MR) is 65.5 cm³/mol. The van der Waals surface area contributed by atoms with E-state index in [0.29, 0.717) is 0 Å². The van der Waals surface area contributed by atoms with E-state index in [4.69, 9.17) is 4.42 Å². The summed E-state index contributed by atoms with van der Waals surface area (Å²) in [6.07, 6.45) is 8.81. The normalized spacial score (nSPS) is 12.5. The van der Waals surface area contributed by atoms with E-state index in [1.54, 1.807) is 18.7 Å². The molecule has 0 aliphatic heterocycles. The molecule has 2 rings (SSSR count). The Morgan fingerprint density at radius 2 is 2.35 bits per heavy atom. The molecule has 1 atom stereocenters. The Bertz CT molecular complexity index is 413. The fraction of sp³-hybridized carbons (Fsp3) is 0.385. The number of aromatic nitrogens is 2.